The second-order valence-corrected chi connectivity index (χ2v) is 7.37. The minimum absolute atomic E-state index is 0.172. The van der Waals surface area contributed by atoms with Crippen LogP contribution < -0.4 is 10.2 Å². The van der Waals surface area contributed by atoms with Crippen LogP contribution in [0, 0.1) is 5.92 Å². The zero-order valence-corrected chi connectivity index (χ0v) is 16.7. The Kier molecular flexibility index (Phi) is 6.21. The Balaban J connectivity index is 1.60. The highest BCUT2D eigenvalue weighted by Gasteiger charge is 2.39. The summed E-state index contributed by atoms with van der Waals surface area (Å²) in [4.78, 5) is 40.4. The van der Waals surface area contributed by atoms with Crippen LogP contribution in [0.2, 0.25) is 10.0 Å². The maximum absolute atomic E-state index is 12.7. The van der Waals surface area contributed by atoms with Gasteiger partial charge in [-0.05, 0) is 42.8 Å². The number of amides is 3. The lowest BCUT2D eigenvalue weighted by Gasteiger charge is -2.21. The van der Waals surface area contributed by atoms with Gasteiger partial charge in [0.25, 0.3) is 0 Å². The number of nitrogens with zero attached hydrogens (tertiary/aromatic N) is 2. The van der Waals surface area contributed by atoms with Crippen molar-refractivity contribution in [2.75, 3.05) is 30.4 Å². The fourth-order valence-corrected chi connectivity index (χ4v) is 3.41. The first-order valence-electron chi connectivity index (χ1n) is 8.73. The number of hydrogen-bond acceptors (Lipinski definition) is 3. The summed E-state index contributed by atoms with van der Waals surface area (Å²) in [6.07, 6.45) is 0.400. The van der Waals surface area contributed by atoms with Gasteiger partial charge in [0.2, 0.25) is 17.7 Å². The van der Waals surface area contributed by atoms with Gasteiger partial charge in [-0.2, -0.15) is 0 Å². The van der Waals surface area contributed by atoms with E-state index in [-0.39, 0.29) is 24.3 Å². The summed E-state index contributed by atoms with van der Waals surface area (Å²) >= 11 is 11.9. The van der Waals surface area contributed by atoms with Crippen LogP contribution in [0.3, 0.4) is 0 Å². The quantitative estimate of drug-likeness (QED) is 0.754. The zero-order valence-electron chi connectivity index (χ0n) is 15.2. The van der Waals surface area contributed by atoms with Gasteiger partial charge in [0, 0.05) is 24.3 Å². The minimum Gasteiger partial charge on any atom is -0.336 e. The molecule has 1 heterocycles. The first-order valence-corrected chi connectivity index (χ1v) is 9.48. The van der Waals surface area contributed by atoms with E-state index in [2.05, 4.69) is 5.32 Å². The molecule has 0 saturated carbocycles. The van der Waals surface area contributed by atoms with Crippen molar-refractivity contribution < 1.29 is 14.4 Å². The van der Waals surface area contributed by atoms with Crippen molar-refractivity contribution >= 4 is 52.3 Å². The molecule has 1 atom stereocenters. The molecule has 1 fully saturated rings. The van der Waals surface area contributed by atoms with Gasteiger partial charge in [0.15, 0.2) is 0 Å². The monoisotopic (exact) mass is 419 g/mol. The summed E-state index contributed by atoms with van der Waals surface area (Å²) in [5.74, 6) is -1.83. The maximum Gasteiger partial charge on any atom is 0.244 e. The predicted molar refractivity (Wildman–Crippen MR) is 110 cm³/mol. The summed E-state index contributed by atoms with van der Waals surface area (Å²) in [6.45, 7) is 0.269. The fraction of sp³-hybridized carbons (Fsp3) is 0.250. The molecule has 2 aromatic carbocycles. The van der Waals surface area contributed by atoms with Crippen molar-refractivity contribution in [1.29, 1.82) is 0 Å². The van der Waals surface area contributed by atoms with Crippen LogP contribution in [0.25, 0.3) is 0 Å². The molecule has 0 aromatic heterocycles. The molecule has 6 nitrogen and oxygen atoms in total. The number of likely N-dealkylation sites (N-methyl/N-ethyl adjacent to an activating group) is 1. The predicted octanol–water partition coefficient (Wildman–Crippen LogP) is 3.44. The number of para-hydroxylation sites is 1. The van der Waals surface area contributed by atoms with Crippen LogP contribution in [-0.2, 0) is 14.4 Å². The lowest BCUT2D eigenvalue weighted by Crippen LogP contribution is -2.41. The van der Waals surface area contributed by atoms with Crippen LogP contribution in [0.15, 0.2) is 48.5 Å². The Morgan fingerprint density at radius 1 is 1.14 bits per heavy atom. The van der Waals surface area contributed by atoms with Gasteiger partial charge in [-0.15, -0.1) is 0 Å². The van der Waals surface area contributed by atoms with E-state index in [4.69, 9.17) is 23.2 Å². The van der Waals surface area contributed by atoms with Crippen LogP contribution in [0.1, 0.15) is 6.42 Å². The Hall–Kier alpha value is -2.57. The van der Waals surface area contributed by atoms with E-state index in [1.54, 1.807) is 53.4 Å². The Labute approximate surface area is 173 Å². The van der Waals surface area contributed by atoms with Crippen molar-refractivity contribution in [1.82, 2.24) is 4.90 Å². The first-order chi connectivity index (χ1) is 13.4. The fourth-order valence-electron chi connectivity index (χ4n) is 3.10. The molecule has 2 aromatic rings. The molecule has 0 radical (unpaired) electrons. The summed E-state index contributed by atoms with van der Waals surface area (Å²) in [5.41, 5.74) is 1.17. The number of carbonyl (C=O) groups is 3. The number of benzene rings is 2. The molecule has 0 bridgehead atoms. The number of nitrogens with one attached hydrogen (secondary N) is 1. The molecule has 1 N–H and O–H groups in total. The van der Waals surface area contributed by atoms with E-state index < -0.39 is 5.92 Å². The lowest BCUT2D eigenvalue weighted by atomic mass is 10.1. The summed E-state index contributed by atoms with van der Waals surface area (Å²) in [5, 5.41) is 3.65. The summed E-state index contributed by atoms with van der Waals surface area (Å²) in [6, 6.07) is 13.7. The third-order valence-corrected chi connectivity index (χ3v) is 5.13. The molecular weight excluding hydrogens is 401 g/mol. The van der Waals surface area contributed by atoms with Gasteiger partial charge in [-0.1, -0.05) is 35.3 Å². The molecular formula is C20H19Cl2N3O3. The third kappa shape index (κ3) is 4.46. The highest BCUT2D eigenvalue weighted by atomic mass is 35.5. The lowest BCUT2D eigenvalue weighted by molar-refractivity contribution is -0.140. The summed E-state index contributed by atoms with van der Waals surface area (Å²) < 4.78 is 0. The largest absolute Gasteiger partial charge is 0.336 e. The molecule has 0 aliphatic carbocycles. The van der Waals surface area contributed by atoms with Crippen LogP contribution in [-0.4, -0.2) is 42.8 Å². The summed E-state index contributed by atoms with van der Waals surface area (Å²) in [7, 11) is 1.51. The van der Waals surface area contributed by atoms with Crippen molar-refractivity contribution in [3.8, 4) is 0 Å². The molecule has 1 aliphatic rings. The third-order valence-electron chi connectivity index (χ3n) is 4.55. The molecule has 28 heavy (non-hydrogen) atoms. The highest BCUT2D eigenvalue weighted by Crippen LogP contribution is 2.27. The van der Waals surface area contributed by atoms with Gasteiger partial charge in [0.05, 0.1) is 17.3 Å². The van der Waals surface area contributed by atoms with Crippen molar-refractivity contribution in [2.24, 2.45) is 5.92 Å². The van der Waals surface area contributed by atoms with Crippen molar-refractivity contribution in [2.45, 2.75) is 6.42 Å². The first kappa shape index (κ1) is 20.2. The second kappa shape index (κ2) is 8.63. The van der Waals surface area contributed by atoms with E-state index in [0.717, 1.165) is 0 Å². The van der Waals surface area contributed by atoms with Gasteiger partial charge < -0.3 is 15.1 Å². The van der Waals surface area contributed by atoms with Crippen molar-refractivity contribution in [3.05, 3.63) is 58.6 Å². The molecule has 146 valence electrons. The van der Waals surface area contributed by atoms with Crippen LogP contribution >= 0.6 is 23.2 Å². The smallest absolute Gasteiger partial charge is 0.244 e. The number of anilines is 2. The van der Waals surface area contributed by atoms with E-state index in [9.17, 15) is 14.4 Å². The van der Waals surface area contributed by atoms with E-state index >= 15 is 0 Å². The average Bonchev–Trinajstić information content (AvgIpc) is 3.05. The number of rotatable bonds is 5. The Morgan fingerprint density at radius 3 is 2.50 bits per heavy atom. The Morgan fingerprint density at radius 2 is 1.82 bits per heavy atom. The van der Waals surface area contributed by atoms with Gasteiger partial charge >= 0.3 is 0 Å². The molecule has 1 saturated heterocycles. The average molecular weight is 420 g/mol. The normalized spacial score (nSPS) is 16.2. The molecule has 8 heteroatoms. The minimum atomic E-state index is -0.797. The molecule has 3 amide bonds. The standard InChI is InChI=1S/C20H19Cl2N3O3/c1-24(12-18(26)23-17-5-3-2-4-16(17)22)19(27)15-10-11-25(20(15)28)14-8-6-13(21)7-9-14/h2-9,15H,10-12H2,1H3,(H,23,26). The van der Waals surface area contributed by atoms with E-state index in [1.165, 1.54) is 11.9 Å². The van der Waals surface area contributed by atoms with Crippen LogP contribution in [0.5, 0.6) is 0 Å². The number of halogens is 2. The topological polar surface area (TPSA) is 69.7 Å². The number of carbonyl (C=O) groups excluding carboxylic acids is 3. The molecule has 1 aliphatic heterocycles. The molecule has 3 rings (SSSR count). The van der Waals surface area contributed by atoms with Gasteiger partial charge in [0.1, 0.15) is 5.92 Å². The Bertz CT molecular complexity index is 902. The second-order valence-electron chi connectivity index (χ2n) is 6.53. The maximum atomic E-state index is 12.7. The zero-order chi connectivity index (χ0) is 20.3. The van der Waals surface area contributed by atoms with Crippen LogP contribution in [0.4, 0.5) is 11.4 Å². The highest BCUT2D eigenvalue weighted by molar-refractivity contribution is 6.33. The van der Waals surface area contributed by atoms with Gasteiger partial charge in [-0.3, -0.25) is 14.4 Å². The van der Waals surface area contributed by atoms with Gasteiger partial charge in [-0.25, -0.2) is 0 Å². The van der Waals surface area contributed by atoms with E-state index in [0.29, 0.717) is 34.4 Å². The SMILES string of the molecule is CN(CC(=O)Nc1ccccc1Cl)C(=O)C1CCN(c2ccc(Cl)cc2)C1=O. The molecule has 0 spiro atoms. The van der Waals surface area contributed by atoms with E-state index in [1.807, 2.05) is 0 Å². The molecule has 1 unspecified atom stereocenters. The number of hydrogen-bond donors (Lipinski definition) is 1. The van der Waals surface area contributed by atoms with Crippen molar-refractivity contribution in [3.63, 3.8) is 0 Å².